The Morgan fingerprint density at radius 3 is 2.67 bits per heavy atom. The summed E-state index contributed by atoms with van der Waals surface area (Å²) in [4.78, 5) is 0. The molecule has 0 amide bonds. The molecule has 0 radical (unpaired) electrons. The molecular weight excluding hydrogens is 254 g/mol. The van der Waals surface area contributed by atoms with E-state index in [0.29, 0.717) is 6.04 Å². The van der Waals surface area contributed by atoms with Gasteiger partial charge in [-0.1, -0.05) is 70.2 Å². The van der Waals surface area contributed by atoms with E-state index in [2.05, 4.69) is 43.4 Å². The Morgan fingerprint density at radius 1 is 1.14 bits per heavy atom. The number of hydrogen-bond acceptors (Lipinski definition) is 1. The average Bonchev–Trinajstić information content (AvgIpc) is 3.01. The van der Waals surface area contributed by atoms with Crippen LogP contribution in [0.4, 0.5) is 0 Å². The second-order valence-corrected chi connectivity index (χ2v) is 6.73. The van der Waals surface area contributed by atoms with Crippen LogP contribution in [0.2, 0.25) is 0 Å². The molecule has 0 saturated heterocycles. The van der Waals surface area contributed by atoms with Gasteiger partial charge < -0.3 is 5.32 Å². The van der Waals surface area contributed by atoms with Gasteiger partial charge in [-0.05, 0) is 49.3 Å². The molecule has 1 N–H and O–H groups in total. The van der Waals surface area contributed by atoms with Crippen molar-refractivity contribution in [1.29, 1.82) is 0 Å². The molecule has 1 atom stereocenters. The zero-order chi connectivity index (χ0) is 14.9. The molecule has 0 aromatic heterocycles. The van der Waals surface area contributed by atoms with Gasteiger partial charge in [0.1, 0.15) is 0 Å². The maximum absolute atomic E-state index is 3.78. The SMILES string of the molecule is CCCNC(CCC1CCCC1)c1cccc(CCC)c1. The first-order valence-electron chi connectivity index (χ1n) is 9.15. The maximum Gasteiger partial charge on any atom is 0.0320 e. The summed E-state index contributed by atoms with van der Waals surface area (Å²) >= 11 is 0. The second-order valence-electron chi connectivity index (χ2n) is 6.73. The average molecular weight is 287 g/mol. The van der Waals surface area contributed by atoms with Crippen LogP contribution in [-0.2, 0) is 6.42 Å². The molecule has 1 fully saturated rings. The Kier molecular flexibility index (Phi) is 7.29. The van der Waals surface area contributed by atoms with Crippen LogP contribution in [-0.4, -0.2) is 6.54 Å². The van der Waals surface area contributed by atoms with Crippen molar-refractivity contribution in [2.45, 2.75) is 77.7 Å². The number of aryl methyl sites for hydroxylation is 1. The summed E-state index contributed by atoms with van der Waals surface area (Å²) in [6.07, 6.45) is 12.2. The standard InChI is InChI=1S/C20H33N/c1-3-8-18-11-7-12-19(16-18)20(21-15-4-2)14-13-17-9-5-6-10-17/h7,11-12,16-17,20-21H,3-6,8-10,13-15H2,1-2H3. The molecule has 2 rings (SSSR count). The Morgan fingerprint density at radius 2 is 1.95 bits per heavy atom. The van der Waals surface area contributed by atoms with Crippen LogP contribution in [0.25, 0.3) is 0 Å². The first kappa shape index (κ1) is 16.5. The smallest absolute Gasteiger partial charge is 0.0320 e. The molecule has 118 valence electrons. The van der Waals surface area contributed by atoms with Gasteiger partial charge in [0, 0.05) is 6.04 Å². The summed E-state index contributed by atoms with van der Waals surface area (Å²) < 4.78 is 0. The Bertz CT molecular complexity index is 393. The van der Waals surface area contributed by atoms with Crippen LogP contribution in [0.5, 0.6) is 0 Å². The lowest BCUT2D eigenvalue weighted by Crippen LogP contribution is -2.23. The van der Waals surface area contributed by atoms with E-state index in [1.54, 1.807) is 0 Å². The molecule has 1 aliphatic rings. The molecule has 0 spiro atoms. The molecular formula is C20H33N. The summed E-state index contributed by atoms with van der Waals surface area (Å²) in [7, 11) is 0. The van der Waals surface area contributed by atoms with Gasteiger partial charge in [-0.15, -0.1) is 0 Å². The first-order valence-corrected chi connectivity index (χ1v) is 9.15. The number of nitrogens with one attached hydrogen (secondary N) is 1. The highest BCUT2D eigenvalue weighted by atomic mass is 14.9. The van der Waals surface area contributed by atoms with E-state index >= 15 is 0 Å². The minimum absolute atomic E-state index is 0.558. The van der Waals surface area contributed by atoms with Crippen molar-refractivity contribution >= 4 is 0 Å². The van der Waals surface area contributed by atoms with E-state index in [9.17, 15) is 0 Å². The third-order valence-electron chi connectivity index (χ3n) is 4.87. The molecule has 1 nitrogen and oxygen atoms in total. The van der Waals surface area contributed by atoms with Crippen LogP contribution in [0.15, 0.2) is 24.3 Å². The lowest BCUT2D eigenvalue weighted by Gasteiger charge is -2.21. The van der Waals surface area contributed by atoms with Gasteiger partial charge in [-0.25, -0.2) is 0 Å². The minimum atomic E-state index is 0.558. The van der Waals surface area contributed by atoms with Crippen LogP contribution >= 0.6 is 0 Å². The molecule has 1 aliphatic carbocycles. The van der Waals surface area contributed by atoms with E-state index in [1.807, 2.05) is 0 Å². The number of benzene rings is 1. The summed E-state index contributed by atoms with van der Waals surface area (Å²) in [5.41, 5.74) is 3.01. The van der Waals surface area contributed by atoms with Crippen molar-refractivity contribution in [1.82, 2.24) is 5.32 Å². The second kappa shape index (κ2) is 9.25. The van der Waals surface area contributed by atoms with Crippen molar-refractivity contribution < 1.29 is 0 Å². The summed E-state index contributed by atoms with van der Waals surface area (Å²) in [5, 5.41) is 3.78. The van der Waals surface area contributed by atoms with Crippen molar-refractivity contribution in [2.24, 2.45) is 5.92 Å². The summed E-state index contributed by atoms with van der Waals surface area (Å²) in [6.45, 7) is 5.65. The van der Waals surface area contributed by atoms with E-state index in [1.165, 1.54) is 68.9 Å². The van der Waals surface area contributed by atoms with Crippen molar-refractivity contribution in [3.05, 3.63) is 35.4 Å². The molecule has 21 heavy (non-hydrogen) atoms. The third-order valence-corrected chi connectivity index (χ3v) is 4.87. The first-order chi connectivity index (χ1) is 10.3. The Hall–Kier alpha value is -0.820. The minimum Gasteiger partial charge on any atom is -0.310 e. The molecule has 0 bridgehead atoms. The van der Waals surface area contributed by atoms with Crippen LogP contribution in [0, 0.1) is 5.92 Å². The maximum atomic E-state index is 3.78. The molecule has 0 heterocycles. The van der Waals surface area contributed by atoms with Gasteiger partial charge in [0.05, 0.1) is 0 Å². The Labute approximate surface area is 131 Å². The van der Waals surface area contributed by atoms with Crippen molar-refractivity contribution in [2.75, 3.05) is 6.54 Å². The zero-order valence-electron chi connectivity index (χ0n) is 14.0. The van der Waals surface area contributed by atoms with Gasteiger partial charge >= 0.3 is 0 Å². The van der Waals surface area contributed by atoms with E-state index < -0.39 is 0 Å². The molecule has 1 aromatic carbocycles. The van der Waals surface area contributed by atoms with E-state index in [4.69, 9.17) is 0 Å². The van der Waals surface area contributed by atoms with Crippen LogP contribution in [0.1, 0.15) is 82.4 Å². The predicted molar refractivity (Wildman–Crippen MR) is 92.7 cm³/mol. The lowest BCUT2D eigenvalue weighted by molar-refractivity contribution is 0.411. The fourth-order valence-corrected chi connectivity index (χ4v) is 3.66. The largest absolute Gasteiger partial charge is 0.310 e. The monoisotopic (exact) mass is 287 g/mol. The lowest BCUT2D eigenvalue weighted by atomic mass is 9.93. The van der Waals surface area contributed by atoms with Gasteiger partial charge in [0.2, 0.25) is 0 Å². The molecule has 1 heteroatoms. The molecule has 0 aliphatic heterocycles. The fraction of sp³-hybridized carbons (Fsp3) is 0.700. The summed E-state index contributed by atoms with van der Waals surface area (Å²) in [6, 6.07) is 9.84. The number of rotatable bonds is 9. The topological polar surface area (TPSA) is 12.0 Å². The van der Waals surface area contributed by atoms with E-state index in [-0.39, 0.29) is 0 Å². The molecule has 1 unspecified atom stereocenters. The van der Waals surface area contributed by atoms with Crippen LogP contribution in [0.3, 0.4) is 0 Å². The molecule has 1 saturated carbocycles. The zero-order valence-corrected chi connectivity index (χ0v) is 14.0. The highest BCUT2D eigenvalue weighted by Gasteiger charge is 2.18. The number of hydrogen-bond donors (Lipinski definition) is 1. The summed E-state index contributed by atoms with van der Waals surface area (Å²) in [5.74, 6) is 0.995. The normalized spacial score (nSPS) is 17.2. The van der Waals surface area contributed by atoms with Crippen molar-refractivity contribution in [3.63, 3.8) is 0 Å². The van der Waals surface area contributed by atoms with Gasteiger partial charge in [-0.2, -0.15) is 0 Å². The quantitative estimate of drug-likeness (QED) is 0.619. The highest BCUT2D eigenvalue weighted by molar-refractivity contribution is 5.26. The molecule has 1 aromatic rings. The van der Waals surface area contributed by atoms with E-state index in [0.717, 1.165) is 12.5 Å². The predicted octanol–water partition coefficient (Wildman–Crippen LogP) is 5.65. The van der Waals surface area contributed by atoms with Crippen LogP contribution < -0.4 is 5.32 Å². The van der Waals surface area contributed by atoms with Gasteiger partial charge in [0.25, 0.3) is 0 Å². The van der Waals surface area contributed by atoms with Gasteiger partial charge in [-0.3, -0.25) is 0 Å². The third kappa shape index (κ3) is 5.47. The Balaban J connectivity index is 1.97. The highest BCUT2D eigenvalue weighted by Crippen LogP contribution is 2.31. The van der Waals surface area contributed by atoms with Gasteiger partial charge in [0.15, 0.2) is 0 Å². The van der Waals surface area contributed by atoms with Crippen molar-refractivity contribution in [3.8, 4) is 0 Å². The fourth-order valence-electron chi connectivity index (χ4n) is 3.66.